The molecular weight excluding hydrogens is 682 g/mol. The van der Waals surface area contributed by atoms with Crippen LogP contribution in [0.25, 0.3) is 0 Å². The molecule has 0 bridgehead atoms. The van der Waals surface area contributed by atoms with Crippen LogP contribution in [-0.2, 0) is 70.4 Å². The van der Waals surface area contributed by atoms with Gasteiger partial charge in [0.15, 0.2) is 0 Å². The highest BCUT2D eigenvalue weighted by Crippen LogP contribution is 2.26. The van der Waals surface area contributed by atoms with Crippen molar-refractivity contribution in [2.75, 3.05) is 80.7 Å². The summed E-state index contributed by atoms with van der Waals surface area (Å²) >= 11 is 0. The van der Waals surface area contributed by atoms with E-state index in [1.807, 2.05) is 0 Å². The molecule has 1 amide bonds. The van der Waals surface area contributed by atoms with Gasteiger partial charge in [-0.15, -0.1) is 0 Å². The van der Waals surface area contributed by atoms with E-state index < -0.39 is 108 Å². The van der Waals surface area contributed by atoms with Gasteiger partial charge < -0.3 is 51.8 Å². The van der Waals surface area contributed by atoms with Crippen LogP contribution in [0.5, 0.6) is 0 Å². The third-order valence-corrected chi connectivity index (χ3v) is 9.46. The minimum Gasteiger partial charge on any atom is -0.462 e. The predicted octanol–water partition coefficient (Wildman–Crippen LogP) is 1.62. The molecule has 0 fully saturated rings. The van der Waals surface area contributed by atoms with Crippen LogP contribution in [0.3, 0.4) is 0 Å². The first-order valence-corrected chi connectivity index (χ1v) is 16.8. The van der Waals surface area contributed by atoms with E-state index in [4.69, 9.17) is 46.4 Å². The SMILES string of the molecule is C=CC(=O)OCC(COCC(COC(=O)C=C)(COC(=O)C=C)COC(=O)NCCC[Si](OC)(OC)OC)(COC(=O)C=C)COC(=O)C=C. The number of hydrogen-bond acceptors (Lipinski definition) is 16. The molecule has 1 N–H and O–H groups in total. The number of hydrogen-bond donors (Lipinski definition) is 1. The largest absolute Gasteiger partial charge is 0.500 e. The molecule has 0 heterocycles. The molecule has 0 saturated carbocycles. The third kappa shape index (κ3) is 17.7. The number of ether oxygens (including phenoxy) is 7. The number of nitrogens with one attached hydrogen (secondary N) is 1. The Bertz CT molecular complexity index is 1110. The van der Waals surface area contributed by atoms with Crippen LogP contribution in [0, 0.1) is 10.8 Å². The summed E-state index contributed by atoms with van der Waals surface area (Å²) in [4.78, 5) is 72.7. The highest BCUT2D eigenvalue weighted by molar-refractivity contribution is 6.60. The van der Waals surface area contributed by atoms with Crippen molar-refractivity contribution in [1.29, 1.82) is 0 Å². The van der Waals surface area contributed by atoms with E-state index in [1.165, 1.54) is 21.3 Å². The van der Waals surface area contributed by atoms with Gasteiger partial charge in [0.05, 0.1) is 24.0 Å². The summed E-state index contributed by atoms with van der Waals surface area (Å²) in [6.45, 7) is 12.8. The molecule has 0 aliphatic carbocycles. The number of amides is 1. The van der Waals surface area contributed by atoms with Crippen LogP contribution < -0.4 is 5.32 Å². The van der Waals surface area contributed by atoms with E-state index >= 15 is 0 Å². The first-order valence-electron chi connectivity index (χ1n) is 14.9. The van der Waals surface area contributed by atoms with E-state index in [0.717, 1.165) is 30.4 Å². The summed E-state index contributed by atoms with van der Waals surface area (Å²) in [5, 5.41) is 2.57. The first-order chi connectivity index (χ1) is 23.8. The summed E-state index contributed by atoms with van der Waals surface area (Å²) < 4.78 is 53.5. The van der Waals surface area contributed by atoms with E-state index in [1.54, 1.807) is 0 Å². The normalized spacial score (nSPS) is 11.2. The van der Waals surface area contributed by atoms with Crippen LogP contribution in [-0.4, -0.2) is 125 Å². The molecule has 50 heavy (non-hydrogen) atoms. The highest BCUT2D eigenvalue weighted by Gasteiger charge is 2.41. The van der Waals surface area contributed by atoms with Crippen molar-refractivity contribution in [3.05, 3.63) is 63.3 Å². The standard InChI is InChI=1S/C32H47NO16Si/c1-9-25(34)44-19-31(20-45-26(35)10-2,21-46-27(36)11-3)17-43-18-32(22-47-28(37)12-4,23-48-29(38)13-5)24-49-30(39)33-15-14-16-50(40-6,41-7)42-8/h9-13H,1-5,14-24H2,6-8H3,(H,33,39). The number of esters is 5. The maximum Gasteiger partial charge on any atom is 0.500 e. The zero-order valence-electron chi connectivity index (χ0n) is 28.7. The molecule has 0 aromatic rings. The van der Waals surface area contributed by atoms with Gasteiger partial charge in [-0.3, -0.25) is 0 Å². The lowest BCUT2D eigenvalue weighted by Gasteiger charge is -2.35. The van der Waals surface area contributed by atoms with Crippen molar-refractivity contribution in [3.63, 3.8) is 0 Å². The Morgan fingerprint density at radius 2 is 0.820 bits per heavy atom. The molecule has 280 valence electrons. The maximum absolute atomic E-state index is 12.7. The van der Waals surface area contributed by atoms with Crippen molar-refractivity contribution in [2.24, 2.45) is 10.8 Å². The Morgan fingerprint density at radius 1 is 0.520 bits per heavy atom. The lowest BCUT2D eigenvalue weighted by atomic mass is 9.90. The Kier molecular flexibility index (Phi) is 22.2. The van der Waals surface area contributed by atoms with Crippen molar-refractivity contribution in [3.8, 4) is 0 Å². The van der Waals surface area contributed by atoms with Crippen LogP contribution >= 0.6 is 0 Å². The third-order valence-electron chi connectivity index (χ3n) is 6.62. The smallest absolute Gasteiger partial charge is 0.462 e. The molecule has 0 saturated heterocycles. The monoisotopic (exact) mass is 729 g/mol. The van der Waals surface area contributed by atoms with Gasteiger partial charge in [-0.25, -0.2) is 28.8 Å². The van der Waals surface area contributed by atoms with Gasteiger partial charge in [-0.05, 0) is 6.42 Å². The fourth-order valence-electron chi connectivity index (χ4n) is 3.72. The van der Waals surface area contributed by atoms with E-state index in [-0.39, 0.29) is 6.54 Å². The molecule has 0 aliphatic heterocycles. The van der Waals surface area contributed by atoms with E-state index in [9.17, 15) is 28.8 Å². The quantitative estimate of drug-likeness (QED) is 0.0399. The predicted molar refractivity (Wildman–Crippen MR) is 177 cm³/mol. The van der Waals surface area contributed by atoms with Crippen molar-refractivity contribution >= 4 is 44.7 Å². The van der Waals surface area contributed by atoms with Crippen molar-refractivity contribution < 1.29 is 75.2 Å². The maximum atomic E-state index is 12.7. The van der Waals surface area contributed by atoms with Crippen LogP contribution in [0.15, 0.2) is 63.3 Å². The number of carbonyl (C=O) groups is 6. The molecule has 0 spiro atoms. The molecule has 0 rings (SSSR count). The fourth-order valence-corrected chi connectivity index (χ4v) is 5.44. The van der Waals surface area contributed by atoms with Crippen molar-refractivity contribution in [2.45, 2.75) is 12.5 Å². The minimum atomic E-state index is -2.88. The topological polar surface area (TPSA) is 207 Å². The second-order valence-corrected chi connectivity index (χ2v) is 13.5. The number of alkyl carbamates (subject to hydrolysis) is 1. The molecule has 0 aliphatic rings. The molecule has 0 aromatic carbocycles. The Balaban J connectivity index is 6.28. The molecule has 17 nitrogen and oxygen atoms in total. The lowest BCUT2D eigenvalue weighted by molar-refractivity contribution is -0.166. The first kappa shape index (κ1) is 45.4. The van der Waals surface area contributed by atoms with Gasteiger partial charge in [0.2, 0.25) is 0 Å². The lowest BCUT2D eigenvalue weighted by Crippen LogP contribution is -2.47. The van der Waals surface area contributed by atoms with Gasteiger partial charge in [-0.1, -0.05) is 32.9 Å². The summed E-state index contributed by atoms with van der Waals surface area (Å²) in [5.41, 5.74) is -3.08. The molecular formula is C32H47NO16Si. The van der Waals surface area contributed by atoms with Gasteiger partial charge in [0.1, 0.15) is 39.6 Å². The van der Waals surface area contributed by atoms with Crippen LogP contribution in [0.1, 0.15) is 6.42 Å². The molecule has 0 radical (unpaired) electrons. The minimum absolute atomic E-state index is 0.142. The molecule has 18 heteroatoms. The fraction of sp³-hybridized carbons (Fsp3) is 0.500. The van der Waals surface area contributed by atoms with Gasteiger partial charge in [0, 0.05) is 64.3 Å². The van der Waals surface area contributed by atoms with Gasteiger partial charge in [0.25, 0.3) is 0 Å². The van der Waals surface area contributed by atoms with E-state index in [2.05, 4.69) is 38.2 Å². The Morgan fingerprint density at radius 3 is 1.10 bits per heavy atom. The van der Waals surface area contributed by atoms with Gasteiger partial charge in [-0.2, -0.15) is 0 Å². The summed E-state index contributed by atoms with van der Waals surface area (Å²) in [5.74, 6) is -4.24. The summed E-state index contributed by atoms with van der Waals surface area (Å²) in [7, 11) is 1.49. The molecule has 0 atom stereocenters. The zero-order chi connectivity index (χ0) is 38.1. The second-order valence-electron chi connectivity index (χ2n) is 10.5. The summed E-state index contributed by atoms with van der Waals surface area (Å²) in [6, 6.07) is 0.387. The number of carbonyl (C=O) groups excluding carboxylic acids is 6. The molecule has 0 unspecified atom stereocenters. The average molecular weight is 730 g/mol. The average Bonchev–Trinajstić information content (AvgIpc) is 3.14. The van der Waals surface area contributed by atoms with Gasteiger partial charge >= 0.3 is 44.7 Å². The number of rotatable bonds is 28. The Labute approximate surface area is 292 Å². The Hall–Kier alpha value is -4.62. The van der Waals surface area contributed by atoms with Crippen LogP contribution in [0.4, 0.5) is 4.79 Å². The van der Waals surface area contributed by atoms with E-state index in [0.29, 0.717) is 12.5 Å². The zero-order valence-corrected chi connectivity index (χ0v) is 29.7. The summed E-state index contributed by atoms with van der Waals surface area (Å²) in [6.07, 6.45) is 3.97. The highest BCUT2D eigenvalue weighted by atomic mass is 28.4. The second kappa shape index (κ2) is 24.5. The van der Waals surface area contributed by atoms with Crippen molar-refractivity contribution in [1.82, 2.24) is 5.32 Å². The van der Waals surface area contributed by atoms with Crippen LogP contribution in [0.2, 0.25) is 6.04 Å². The molecule has 0 aromatic heterocycles.